The molecule has 0 aromatic carbocycles. The smallest absolute Gasteiger partial charge is 0.0641 e. The summed E-state index contributed by atoms with van der Waals surface area (Å²) in [7, 11) is 2.04. The van der Waals surface area contributed by atoms with Crippen molar-refractivity contribution in [2.24, 2.45) is 7.05 Å². The Labute approximate surface area is 123 Å². The van der Waals surface area contributed by atoms with Gasteiger partial charge in [0.25, 0.3) is 0 Å². The first-order valence-electron chi connectivity index (χ1n) is 8.06. The summed E-state index contributed by atoms with van der Waals surface area (Å²) >= 11 is 0. The molecule has 1 aromatic heterocycles. The molecular formula is C16H30N4. The van der Waals surface area contributed by atoms with Gasteiger partial charge >= 0.3 is 0 Å². The fraction of sp³-hybridized carbons (Fsp3) is 0.812. The third kappa shape index (κ3) is 3.83. The van der Waals surface area contributed by atoms with Gasteiger partial charge in [-0.3, -0.25) is 9.58 Å². The van der Waals surface area contributed by atoms with Crippen molar-refractivity contribution < 1.29 is 0 Å². The first-order valence-corrected chi connectivity index (χ1v) is 8.06. The Bertz CT molecular complexity index is 418. The molecule has 4 heteroatoms. The van der Waals surface area contributed by atoms with Crippen LogP contribution in [0.4, 0.5) is 0 Å². The van der Waals surface area contributed by atoms with Gasteiger partial charge in [-0.05, 0) is 46.2 Å². The lowest BCUT2D eigenvalue weighted by atomic mass is 10.0. The van der Waals surface area contributed by atoms with Gasteiger partial charge in [0.05, 0.1) is 5.69 Å². The quantitative estimate of drug-likeness (QED) is 0.867. The Morgan fingerprint density at radius 2 is 2.15 bits per heavy atom. The maximum absolute atomic E-state index is 4.54. The minimum Gasteiger partial charge on any atom is -0.313 e. The van der Waals surface area contributed by atoms with E-state index < -0.39 is 0 Å². The number of nitrogens with one attached hydrogen (secondary N) is 1. The topological polar surface area (TPSA) is 33.1 Å². The summed E-state index contributed by atoms with van der Waals surface area (Å²) in [4.78, 5) is 2.60. The van der Waals surface area contributed by atoms with E-state index in [0.717, 1.165) is 6.54 Å². The highest BCUT2D eigenvalue weighted by Gasteiger charge is 2.18. The summed E-state index contributed by atoms with van der Waals surface area (Å²) in [5.41, 5.74) is 3.90. The number of aryl methyl sites for hydroxylation is 2. The van der Waals surface area contributed by atoms with Gasteiger partial charge in [-0.25, -0.2) is 0 Å². The lowest BCUT2D eigenvalue weighted by Gasteiger charge is -2.30. The lowest BCUT2D eigenvalue weighted by Crippen LogP contribution is -2.43. The molecule has 114 valence electrons. The van der Waals surface area contributed by atoms with Gasteiger partial charge in [0.15, 0.2) is 0 Å². The van der Waals surface area contributed by atoms with Crippen molar-refractivity contribution in [3.8, 4) is 0 Å². The average Bonchev–Trinajstić information content (AvgIpc) is 2.67. The summed E-state index contributed by atoms with van der Waals surface area (Å²) in [5, 5.41) is 8.21. The summed E-state index contributed by atoms with van der Waals surface area (Å²) in [6, 6.07) is 0.674. The van der Waals surface area contributed by atoms with Gasteiger partial charge in [0, 0.05) is 37.4 Å². The van der Waals surface area contributed by atoms with E-state index >= 15 is 0 Å². The van der Waals surface area contributed by atoms with Crippen molar-refractivity contribution in [2.45, 2.75) is 59.0 Å². The van der Waals surface area contributed by atoms with Crippen molar-refractivity contribution in [3.05, 3.63) is 17.0 Å². The fourth-order valence-corrected chi connectivity index (χ4v) is 3.21. The van der Waals surface area contributed by atoms with E-state index in [4.69, 9.17) is 0 Å². The summed E-state index contributed by atoms with van der Waals surface area (Å²) in [6.07, 6.45) is 5.25. The average molecular weight is 278 g/mol. The van der Waals surface area contributed by atoms with Crippen LogP contribution >= 0.6 is 0 Å². The van der Waals surface area contributed by atoms with E-state index in [1.807, 2.05) is 11.7 Å². The molecule has 1 atom stereocenters. The van der Waals surface area contributed by atoms with Gasteiger partial charge in [-0.1, -0.05) is 13.3 Å². The number of aromatic nitrogens is 2. The SMILES string of the molecule is CCCN(Cc1c(C)nn(C)c1C)CC1CCCCN1. The van der Waals surface area contributed by atoms with Crippen LogP contribution in [0.3, 0.4) is 0 Å². The second-order valence-corrected chi connectivity index (χ2v) is 6.15. The molecule has 0 bridgehead atoms. The molecule has 2 rings (SSSR count). The van der Waals surface area contributed by atoms with Crippen LogP contribution in [0.15, 0.2) is 0 Å². The number of piperidine rings is 1. The van der Waals surface area contributed by atoms with Gasteiger partial charge in [-0.15, -0.1) is 0 Å². The highest BCUT2D eigenvalue weighted by atomic mass is 15.3. The molecule has 0 radical (unpaired) electrons. The Balaban J connectivity index is 2.00. The Kier molecular flexibility index (Phi) is 5.61. The zero-order valence-electron chi connectivity index (χ0n) is 13.6. The summed E-state index contributed by atoms with van der Waals surface area (Å²) < 4.78 is 2.01. The summed E-state index contributed by atoms with van der Waals surface area (Å²) in [6.45, 7) is 11.1. The van der Waals surface area contributed by atoms with Crippen LogP contribution < -0.4 is 5.32 Å². The normalized spacial score (nSPS) is 19.8. The monoisotopic (exact) mass is 278 g/mol. The molecule has 4 nitrogen and oxygen atoms in total. The van der Waals surface area contributed by atoms with Crippen molar-refractivity contribution in [1.29, 1.82) is 0 Å². The van der Waals surface area contributed by atoms with Crippen molar-refractivity contribution in [3.63, 3.8) is 0 Å². The molecule has 0 spiro atoms. The molecule has 0 aliphatic carbocycles. The molecule has 1 unspecified atom stereocenters. The molecule has 1 fully saturated rings. The molecule has 0 saturated carbocycles. The number of rotatable bonds is 6. The van der Waals surface area contributed by atoms with Crippen LogP contribution in [0.25, 0.3) is 0 Å². The molecular weight excluding hydrogens is 248 g/mol. The van der Waals surface area contributed by atoms with Crippen molar-refractivity contribution in [2.75, 3.05) is 19.6 Å². The number of nitrogens with zero attached hydrogens (tertiary/aromatic N) is 3. The number of hydrogen-bond acceptors (Lipinski definition) is 3. The molecule has 1 aliphatic heterocycles. The molecule has 2 heterocycles. The molecule has 1 aromatic rings. The van der Waals surface area contributed by atoms with Crippen LogP contribution in [-0.4, -0.2) is 40.4 Å². The van der Waals surface area contributed by atoms with Gasteiger partial charge in [-0.2, -0.15) is 5.10 Å². The van der Waals surface area contributed by atoms with E-state index in [1.54, 1.807) is 0 Å². The molecule has 0 amide bonds. The fourth-order valence-electron chi connectivity index (χ4n) is 3.21. The third-order valence-corrected chi connectivity index (χ3v) is 4.47. The van der Waals surface area contributed by atoms with Crippen LogP contribution in [-0.2, 0) is 13.6 Å². The van der Waals surface area contributed by atoms with Crippen molar-refractivity contribution in [1.82, 2.24) is 20.0 Å². The van der Waals surface area contributed by atoms with E-state index in [1.165, 1.54) is 62.3 Å². The maximum atomic E-state index is 4.54. The van der Waals surface area contributed by atoms with E-state index in [0.29, 0.717) is 6.04 Å². The van der Waals surface area contributed by atoms with Crippen molar-refractivity contribution >= 4 is 0 Å². The predicted octanol–water partition coefficient (Wildman–Crippen LogP) is 2.39. The second kappa shape index (κ2) is 7.23. The Morgan fingerprint density at radius 1 is 1.35 bits per heavy atom. The third-order valence-electron chi connectivity index (χ3n) is 4.47. The minimum absolute atomic E-state index is 0.674. The summed E-state index contributed by atoms with van der Waals surface area (Å²) in [5.74, 6) is 0. The van der Waals surface area contributed by atoms with Crippen LogP contribution in [0.1, 0.15) is 49.6 Å². The standard InChI is InChI=1S/C16H30N4/c1-5-10-20(11-15-8-6-7-9-17-15)12-16-13(2)18-19(4)14(16)3/h15,17H,5-12H2,1-4H3. The molecule has 1 aliphatic rings. The van der Waals surface area contributed by atoms with E-state index in [2.05, 4.69) is 36.1 Å². The molecule has 1 saturated heterocycles. The molecule has 1 N–H and O–H groups in total. The van der Waals surface area contributed by atoms with Gasteiger partial charge < -0.3 is 5.32 Å². The highest BCUT2D eigenvalue weighted by Crippen LogP contribution is 2.16. The first-order chi connectivity index (χ1) is 9.61. The minimum atomic E-state index is 0.674. The van der Waals surface area contributed by atoms with Gasteiger partial charge in [0.2, 0.25) is 0 Å². The largest absolute Gasteiger partial charge is 0.313 e. The lowest BCUT2D eigenvalue weighted by molar-refractivity contribution is 0.216. The van der Waals surface area contributed by atoms with Crippen LogP contribution in [0.5, 0.6) is 0 Å². The molecule has 20 heavy (non-hydrogen) atoms. The Morgan fingerprint density at radius 3 is 2.70 bits per heavy atom. The second-order valence-electron chi connectivity index (χ2n) is 6.15. The first kappa shape index (κ1) is 15.5. The Hall–Kier alpha value is -0.870. The highest BCUT2D eigenvalue weighted by molar-refractivity contribution is 5.24. The zero-order valence-corrected chi connectivity index (χ0v) is 13.6. The predicted molar refractivity (Wildman–Crippen MR) is 83.9 cm³/mol. The maximum Gasteiger partial charge on any atom is 0.0641 e. The van der Waals surface area contributed by atoms with E-state index in [9.17, 15) is 0 Å². The van der Waals surface area contributed by atoms with Gasteiger partial charge in [0.1, 0.15) is 0 Å². The van der Waals surface area contributed by atoms with Crippen LogP contribution in [0, 0.1) is 13.8 Å². The van der Waals surface area contributed by atoms with E-state index in [-0.39, 0.29) is 0 Å². The zero-order chi connectivity index (χ0) is 14.5. The van der Waals surface area contributed by atoms with Crippen LogP contribution in [0.2, 0.25) is 0 Å². The number of hydrogen-bond donors (Lipinski definition) is 1.